The van der Waals surface area contributed by atoms with Crippen molar-refractivity contribution in [3.63, 3.8) is 0 Å². The number of halogens is 3. The van der Waals surface area contributed by atoms with E-state index >= 15 is 0 Å². The number of rotatable bonds is 5. The summed E-state index contributed by atoms with van der Waals surface area (Å²) in [5.74, 6) is 0.481. The summed E-state index contributed by atoms with van der Waals surface area (Å²) in [5, 5.41) is 1.28. The van der Waals surface area contributed by atoms with Crippen molar-refractivity contribution in [2.24, 2.45) is 5.73 Å². The summed E-state index contributed by atoms with van der Waals surface area (Å²) in [7, 11) is 0. The Morgan fingerprint density at radius 2 is 1.65 bits per heavy atom. The molecule has 0 aliphatic carbocycles. The third kappa shape index (κ3) is 4.38. The maximum absolute atomic E-state index is 12.8. The number of hydrogen-bond donors (Lipinski definition) is 1. The summed E-state index contributed by atoms with van der Waals surface area (Å²) in [6.07, 6.45) is 0.618. The summed E-state index contributed by atoms with van der Waals surface area (Å²) in [5.41, 5.74) is 6.99. The lowest BCUT2D eigenvalue weighted by Gasteiger charge is -2.13. The highest BCUT2D eigenvalue weighted by molar-refractivity contribution is 7.99. The molecular formula is C15H14Cl2FNS. The van der Waals surface area contributed by atoms with Gasteiger partial charge in [0.05, 0.1) is 0 Å². The third-order valence-electron chi connectivity index (χ3n) is 2.81. The first-order chi connectivity index (χ1) is 9.56. The van der Waals surface area contributed by atoms with E-state index < -0.39 is 0 Å². The van der Waals surface area contributed by atoms with Crippen molar-refractivity contribution in [2.75, 3.05) is 5.75 Å². The predicted octanol–water partition coefficient (Wildman–Crippen LogP) is 4.79. The molecule has 0 aliphatic rings. The van der Waals surface area contributed by atoms with E-state index in [0.717, 1.165) is 10.5 Å². The Balaban J connectivity index is 1.92. The lowest BCUT2D eigenvalue weighted by molar-refractivity contribution is 0.626. The van der Waals surface area contributed by atoms with Gasteiger partial charge in [-0.1, -0.05) is 29.3 Å². The topological polar surface area (TPSA) is 26.0 Å². The largest absolute Gasteiger partial charge is 0.327 e. The van der Waals surface area contributed by atoms with Gasteiger partial charge in [-0.05, 0) is 48.4 Å². The minimum Gasteiger partial charge on any atom is -0.327 e. The van der Waals surface area contributed by atoms with Crippen molar-refractivity contribution in [1.82, 2.24) is 0 Å². The molecule has 0 radical (unpaired) electrons. The lowest BCUT2D eigenvalue weighted by atomic mass is 10.1. The Bertz CT molecular complexity index is 554. The van der Waals surface area contributed by atoms with E-state index in [9.17, 15) is 4.39 Å². The molecule has 0 saturated heterocycles. The molecule has 20 heavy (non-hydrogen) atoms. The quantitative estimate of drug-likeness (QED) is 0.798. The van der Waals surface area contributed by atoms with E-state index in [1.165, 1.54) is 12.1 Å². The molecule has 2 aromatic carbocycles. The molecule has 5 heteroatoms. The Labute approximate surface area is 132 Å². The molecule has 1 nitrogen and oxygen atoms in total. The van der Waals surface area contributed by atoms with Crippen LogP contribution in [0.1, 0.15) is 5.56 Å². The number of thioether (sulfide) groups is 1. The van der Waals surface area contributed by atoms with Gasteiger partial charge < -0.3 is 5.73 Å². The molecule has 1 atom stereocenters. The summed E-state index contributed by atoms with van der Waals surface area (Å²) in [6.45, 7) is 0. The SMILES string of the molecule is NC(CSc1ccc(F)cc1)Cc1c(Cl)cccc1Cl. The van der Waals surface area contributed by atoms with Crippen LogP contribution in [0.2, 0.25) is 10.0 Å². The number of hydrogen-bond acceptors (Lipinski definition) is 2. The first-order valence-corrected chi connectivity index (χ1v) is 7.87. The highest BCUT2D eigenvalue weighted by Crippen LogP contribution is 2.26. The van der Waals surface area contributed by atoms with Crippen LogP contribution >= 0.6 is 35.0 Å². The Kier molecular flexibility index (Phi) is 5.73. The van der Waals surface area contributed by atoms with E-state index in [4.69, 9.17) is 28.9 Å². The average molecular weight is 330 g/mol. The van der Waals surface area contributed by atoms with Gasteiger partial charge in [-0.15, -0.1) is 11.8 Å². The highest BCUT2D eigenvalue weighted by atomic mass is 35.5. The molecule has 106 valence electrons. The molecule has 0 bridgehead atoms. The second-order valence-electron chi connectivity index (χ2n) is 4.43. The standard InChI is InChI=1S/C15H14Cl2FNS/c16-14-2-1-3-15(17)13(14)8-11(19)9-20-12-6-4-10(18)5-7-12/h1-7,11H,8-9,19H2. The zero-order valence-electron chi connectivity index (χ0n) is 10.7. The van der Waals surface area contributed by atoms with Gasteiger partial charge in [-0.25, -0.2) is 4.39 Å². The normalized spacial score (nSPS) is 12.4. The van der Waals surface area contributed by atoms with Crippen LogP contribution in [0, 0.1) is 5.82 Å². The smallest absolute Gasteiger partial charge is 0.123 e. The van der Waals surface area contributed by atoms with Gasteiger partial charge in [0.1, 0.15) is 5.82 Å². The van der Waals surface area contributed by atoms with Crippen molar-refractivity contribution in [1.29, 1.82) is 0 Å². The van der Waals surface area contributed by atoms with Gasteiger partial charge in [0, 0.05) is 26.7 Å². The van der Waals surface area contributed by atoms with Gasteiger partial charge in [-0.2, -0.15) is 0 Å². The van der Waals surface area contributed by atoms with Crippen molar-refractivity contribution >= 4 is 35.0 Å². The van der Waals surface area contributed by atoms with Gasteiger partial charge in [-0.3, -0.25) is 0 Å². The van der Waals surface area contributed by atoms with E-state index in [1.54, 1.807) is 23.9 Å². The van der Waals surface area contributed by atoms with Crippen LogP contribution in [0.4, 0.5) is 4.39 Å². The van der Waals surface area contributed by atoms with Crippen LogP contribution in [0.25, 0.3) is 0 Å². The fourth-order valence-corrected chi connectivity index (χ4v) is 3.19. The van der Waals surface area contributed by atoms with E-state index in [-0.39, 0.29) is 11.9 Å². The maximum Gasteiger partial charge on any atom is 0.123 e. The number of benzene rings is 2. The molecule has 0 heterocycles. The molecule has 2 rings (SSSR count). The van der Waals surface area contributed by atoms with Crippen molar-refractivity contribution in [3.05, 3.63) is 63.9 Å². The van der Waals surface area contributed by atoms with E-state index in [2.05, 4.69) is 0 Å². The summed E-state index contributed by atoms with van der Waals surface area (Å²) in [6, 6.07) is 11.7. The summed E-state index contributed by atoms with van der Waals surface area (Å²) >= 11 is 13.8. The van der Waals surface area contributed by atoms with Crippen molar-refractivity contribution < 1.29 is 4.39 Å². The summed E-state index contributed by atoms with van der Waals surface area (Å²) in [4.78, 5) is 0.993. The van der Waals surface area contributed by atoms with Crippen LogP contribution in [0.5, 0.6) is 0 Å². The van der Waals surface area contributed by atoms with Gasteiger partial charge in [0.2, 0.25) is 0 Å². The van der Waals surface area contributed by atoms with Crippen LogP contribution < -0.4 is 5.73 Å². The Morgan fingerprint density at radius 3 is 2.25 bits per heavy atom. The van der Waals surface area contributed by atoms with Gasteiger partial charge in [0.15, 0.2) is 0 Å². The zero-order valence-corrected chi connectivity index (χ0v) is 13.0. The van der Waals surface area contributed by atoms with E-state index in [1.807, 2.05) is 18.2 Å². The average Bonchev–Trinajstić information content (AvgIpc) is 2.42. The molecule has 0 saturated carbocycles. The third-order valence-corrected chi connectivity index (χ3v) is 4.71. The second-order valence-corrected chi connectivity index (χ2v) is 6.34. The molecule has 0 aliphatic heterocycles. The fraction of sp³-hybridized carbons (Fsp3) is 0.200. The monoisotopic (exact) mass is 329 g/mol. The zero-order chi connectivity index (χ0) is 14.5. The van der Waals surface area contributed by atoms with Crippen LogP contribution in [0.15, 0.2) is 47.4 Å². The Morgan fingerprint density at radius 1 is 1.05 bits per heavy atom. The van der Waals surface area contributed by atoms with Crippen LogP contribution in [-0.4, -0.2) is 11.8 Å². The molecule has 0 fully saturated rings. The lowest BCUT2D eigenvalue weighted by Crippen LogP contribution is -2.25. The van der Waals surface area contributed by atoms with Crippen LogP contribution in [-0.2, 0) is 6.42 Å². The van der Waals surface area contributed by atoms with Gasteiger partial charge in [0.25, 0.3) is 0 Å². The van der Waals surface area contributed by atoms with E-state index in [0.29, 0.717) is 22.2 Å². The highest BCUT2D eigenvalue weighted by Gasteiger charge is 2.11. The molecule has 2 aromatic rings. The first-order valence-electron chi connectivity index (χ1n) is 6.13. The predicted molar refractivity (Wildman–Crippen MR) is 85.3 cm³/mol. The Hall–Kier alpha value is -0.740. The minimum absolute atomic E-state index is 0.0672. The van der Waals surface area contributed by atoms with Crippen molar-refractivity contribution in [3.8, 4) is 0 Å². The van der Waals surface area contributed by atoms with Crippen molar-refractivity contribution in [2.45, 2.75) is 17.4 Å². The second kappa shape index (κ2) is 7.32. The minimum atomic E-state index is -0.235. The molecule has 1 unspecified atom stereocenters. The number of nitrogens with two attached hydrogens (primary N) is 1. The van der Waals surface area contributed by atoms with Crippen LogP contribution in [0.3, 0.4) is 0 Å². The molecular weight excluding hydrogens is 316 g/mol. The summed E-state index contributed by atoms with van der Waals surface area (Å²) < 4.78 is 12.8. The molecule has 0 amide bonds. The fourth-order valence-electron chi connectivity index (χ4n) is 1.78. The molecule has 0 aromatic heterocycles. The maximum atomic E-state index is 12.8. The van der Waals surface area contributed by atoms with Gasteiger partial charge >= 0.3 is 0 Å². The molecule has 0 spiro atoms. The first kappa shape index (κ1) is 15.6. The molecule has 2 N–H and O–H groups in total.